The molecule has 9 aromatic carbocycles. The summed E-state index contributed by atoms with van der Waals surface area (Å²) < 4.78 is 6.28. The predicted octanol–water partition coefficient (Wildman–Crippen LogP) is 14.4. The molecular weight excluding hydrogens is 629 g/mol. The monoisotopic (exact) mass is 662 g/mol. The van der Waals surface area contributed by atoms with Crippen LogP contribution in [0.15, 0.2) is 174 Å². The lowest BCUT2D eigenvalue weighted by atomic mass is 9.81. The normalized spacial score (nSPS) is 13.3. The van der Waals surface area contributed by atoms with Crippen molar-refractivity contribution in [3.8, 4) is 44.5 Å². The molecular formula is C51H34O. The van der Waals surface area contributed by atoms with Crippen LogP contribution in [0.2, 0.25) is 0 Å². The quantitative estimate of drug-likeness (QED) is 0.172. The lowest BCUT2D eigenvalue weighted by molar-refractivity contribution is 0.661. The Bertz CT molecular complexity index is 3010. The molecule has 0 N–H and O–H groups in total. The first-order chi connectivity index (χ1) is 25.5. The maximum absolute atomic E-state index is 6.28. The zero-order valence-electron chi connectivity index (χ0n) is 29.1. The van der Waals surface area contributed by atoms with E-state index in [4.69, 9.17) is 4.42 Å². The van der Waals surface area contributed by atoms with Gasteiger partial charge in [0.15, 0.2) is 0 Å². The van der Waals surface area contributed by atoms with Crippen LogP contribution < -0.4 is 0 Å². The Kier molecular flexibility index (Phi) is 6.08. The minimum atomic E-state index is -0.0946. The Hall–Kier alpha value is -6.44. The lowest BCUT2D eigenvalue weighted by Crippen LogP contribution is -2.14. The van der Waals surface area contributed by atoms with Gasteiger partial charge in [-0.1, -0.05) is 153 Å². The van der Waals surface area contributed by atoms with E-state index in [-0.39, 0.29) is 5.41 Å². The van der Waals surface area contributed by atoms with Crippen LogP contribution in [0, 0.1) is 0 Å². The molecule has 0 unspecified atom stereocenters. The molecule has 0 bridgehead atoms. The SMILES string of the molecule is CC1(C)c2ccc(-c3ccc(-c4c5ccccc5c(-c5ccccc5)c5ccccc45)cc3)cc2-c2cc3c(ccc4oc5ccccc5c43)cc21. The first-order valence-corrected chi connectivity index (χ1v) is 18.2. The zero-order valence-corrected chi connectivity index (χ0v) is 29.1. The van der Waals surface area contributed by atoms with Gasteiger partial charge in [0.2, 0.25) is 0 Å². The topological polar surface area (TPSA) is 13.1 Å². The number of hydrogen-bond acceptors (Lipinski definition) is 1. The Balaban J connectivity index is 1.06. The summed E-state index contributed by atoms with van der Waals surface area (Å²) in [6.45, 7) is 4.73. The van der Waals surface area contributed by atoms with Crippen LogP contribution in [-0.4, -0.2) is 0 Å². The largest absolute Gasteiger partial charge is 0.456 e. The van der Waals surface area contributed by atoms with Gasteiger partial charge >= 0.3 is 0 Å². The first kappa shape index (κ1) is 29.3. The number of benzene rings is 9. The smallest absolute Gasteiger partial charge is 0.136 e. The summed E-state index contributed by atoms with van der Waals surface area (Å²) in [5.74, 6) is 0. The molecule has 0 spiro atoms. The van der Waals surface area contributed by atoms with Crippen molar-refractivity contribution in [1.29, 1.82) is 0 Å². The van der Waals surface area contributed by atoms with Crippen molar-refractivity contribution in [2.45, 2.75) is 19.3 Å². The molecule has 1 nitrogen and oxygen atoms in total. The number of furan rings is 1. The highest BCUT2D eigenvalue weighted by Crippen LogP contribution is 2.52. The third kappa shape index (κ3) is 4.11. The summed E-state index contributed by atoms with van der Waals surface area (Å²) in [6.07, 6.45) is 0. The van der Waals surface area contributed by atoms with Crippen molar-refractivity contribution in [2.75, 3.05) is 0 Å². The summed E-state index contributed by atoms with van der Waals surface area (Å²) in [4.78, 5) is 0. The van der Waals surface area contributed by atoms with Crippen LogP contribution in [0.25, 0.3) is 98.8 Å². The van der Waals surface area contributed by atoms with Gasteiger partial charge in [0.1, 0.15) is 11.2 Å². The molecule has 0 fully saturated rings. The summed E-state index contributed by atoms with van der Waals surface area (Å²) in [7, 11) is 0. The van der Waals surface area contributed by atoms with E-state index in [1.54, 1.807) is 0 Å². The molecule has 52 heavy (non-hydrogen) atoms. The van der Waals surface area contributed by atoms with Gasteiger partial charge in [-0.05, 0) is 118 Å². The number of hydrogen-bond donors (Lipinski definition) is 0. The molecule has 1 heterocycles. The van der Waals surface area contributed by atoms with Gasteiger partial charge < -0.3 is 4.42 Å². The molecule has 1 aliphatic carbocycles. The average Bonchev–Trinajstić information content (AvgIpc) is 3.68. The van der Waals surface area contributed by atoms with Crippen molar-refractivity contribution in [3.63, 3.8) is 0 Å². The summed E-state index contributed by atoms with van der Waals surface area (Å²) in [6, 6.07) is 62.4. The summed E-state index contributed by atoms with van der Waals surface area (Å²) >= 11 is 0. The van der Waals surface area contributed by atoms with E-state index in [1.165, 1.54) is 98.7 Å². The first-order valence-electron chi connectivity index (χ1n) is 18.2. The maximum Gasteiger partial charge on any atom is 0.136 e. The molecule has 1 aliphatic rings. The van der Waals surface area contributed by atoms with Crippen molar-refractivity contribution in [3.05, 3.63) is 181 Å². The number of para-hydroxylation sites is 1. The van der Waals surface area contributed by atoms with E-state index in [9.17, 15) is 0 Å². The third-order valence-corrected chi connectivity index (χ3v) is 11.7. The fourth-order valence-corrected chi connectivity index (χ4v) is 9.16. The highest BCUT2D eigenvalue weighted by molar-refractivity contribution is 6.22. The standard InChI is InChI=1S/C51H34O/c1-51(2)44-26-24-34(28-42(44)43-30-41-35(29-45(43)51)25-27-47-50(41)40-18-10-11-19-46(40)52-47)31-20-22-33(23-21-31)49-38-16-8-6-14-36(38)48(32-12-4-3-5-13-32)37-15-7-9-17-39(37)49/h3-30H,1-2H3. The van der Waals surface area contributed by atoms with E-state index >= 15 is 0 Å². The summed E-state index contributed by atoms with van der Waals surface area (Å²) in [5.41, 5.74) is 14.7. The van der Waals surface area contributed by atoms with Gasteiger partial charge in [-0.3, -0.25) is 0 Å². The average molecular weight is 663 g/mol. The molecule has 10 aromatic rings. The Morgan fingerprint density at radius 1 is 0.365 bits per heavy atom. The predicted molar refractivity (Wildman–Crippen MR) is 220 cm³/mol. The van der Waals surface area contributed by atoms with E-state index in [0.29, 0.717) is 0 Å². The maximum atomic E-state index is 6.28. The minimum Gasteiger partial charge on any atom is -0.456 e. The Labute approximate surface area is 302 Å². The van der Waals surface area contributed by atoms with Crippen molar-refractivity contribution >= 4 is 54.3 Å². The van der Waals surface area contributed by atoms with Crippen LogP contribution in [0.5, 0.6) is 0 Å². The molecule has 0 atom stereocenters. The van der Waals surface area contributed by atoms with Crippen LogP contribution in [0.4, 0.5) is 0 Å². The van der Waals surface area contributed by atoms with Gasteiger partial charge in [0, 0.05) is 16.2 Å². The minimum absolute atomic E-state index is 0.0946. The molecule has 0 radical (unpaired) electrons. The Morgan fingerprint density at radius 2 is 0.904 bits per heavy atom. The van der Waals surface area contributed by atoms with Crippen LogP contribution in [0.1, 0.15) is 25.0 Å². The van der Waals surface area contributed by atoms with Gasteiger partial charge in [0.05, 0.1) is 0 Å². The number of fused-ring (bicyclic) bond motifs is 10. The van der Waals surface area contributed by atoms with Crippen molar-refractivity contribution in [1.82, 2.24) is 0 Å². The third-order valence-electron chi connectivity index (χ3n) is 11.7. The van der Waals surface area contributed by atoms with E-state index in [1.807, 2.05) is 6.07 Å². The van der Waals surface area contributed by atoms with Crippen molar-refractivity contribution in [2.24, 2.45) is 0 Å². The molecule has 11 rings (SSSR count). The molecule has 0 saturated carbocycles. The van der Waals surface area contributed by atoms with E-state index in [2.05, 4.69) is 178 Å². The second kappa shape index (κ2) is 10.8. The van der Waals surface area contributed by atoms with E-state index in [0.717, 1.165) is 11.2 Å². The highest BCUT2D eigenvalue weighted by atomic mass is 16.3. The zero-order chi connectivity index (χ0) is 34.6. The van der Waals surface area contributed by atoms with Crippen molar-refractivity contribution < 1.29 is 4.42 Å². The molecule has 0 aliphatic heterocycles. The molecule has 1 heteroatoms. The van der Waals surface area contributed by atoms with Gasteiger partial charge in [-0.2, -0.15) is 0 Å². The number of rotatable bonds is 3. The molecule has 0 amide bonds. The molecule has 1 aromatic heterocycles. The molecule has 0 saturated heterocycles. The Morgan fingerprint density at radius 3 is 1.58 bits per heavy atom. The van der Waals surface area contributed by atoms with Crippen LogP contribution in [-0.2, 0) is 5.41 Å². The second-order valence-electron chi connectivity index (χ2n) is 14.8. The molecule has 244 valence electrons. The summed E-state index contributed by atoms with van der Waals surface area (Å²) in [5, 5.41) is 9.98. The highest BCUT2D eigenvalue weighted by Gasteiger charge is 2.36. The van der Waals surface area contributed by atoms with Crippen LogP contribution in [0.3, 0.4) is 0 Å². The van der Waals surface area contributed by atoms with E-state index < -0.39 is 0 Å². The van der Waals surface area contributed by atoms with Gasteiger partial charge in [-0.15, -0.1) is 0 Å². The fourth-order valence-electron chi connectivity index (χ4n) is 9.16. The fraction of sp³-hybridized carbons (Fsp3) is 0.0588. The van der Waals surface area contributed by atoms with Gasteiger partial charge in [0.25, 0.3) is 0 Å². The van der Waals surface area contributed by atoms with Crippen LogP contribution >= 0.6 is 0 Å². The van der Waals surface area contributed by atoms with Gasteiger partial charge in [-0.25, -0.2) is 0 Å². The second-order valence-corrected chi connectivity index (χ2v) is 14.8. The lowest BCUT2D eigenvalue weighted by Gasteiger charge is -2.22.